The van der Waals surface area contributed by atoms with Gasteiger partial charge in [0.05, 0.1) is 18.2 Å². The van der Waals surface area contributed by atoms with Crippen LogP contribution in [0, 0.1) is 6.92 Å². The first-order valence-electron chi connectivity index (χ1n) is 8.93. The predicted molar refractivity (Wildman–Crippen MR) is 104 cm³/mol. The number of hydrogen-bond donors (Lipinski definition) is 1. The van der Waals surface area contributed by atoms with E-state index in [1.807, 2.05) is 36.1 Å². The molecule has 0 saturated carbocycles. The molecular weight excluding hydrogens is 326 g/mol. The second kappa shape index (κ2) is 6.75. The number of amides is 1. The van der Waals surface area contributed by atoms with E-state index in [9.17, 15) is 4.79 Å². The van der Waals surface area contributed by atoms with Crippen LogP contribution < -0.4 is 9.64 Å². The quantitative estimate of drug-likeness (QED) is 0.788. The molecule has 3 aromatic rings. The highest BCUT2D eigenvalue weighted by Crippen LogP contribution is 2.30. The van der Waals surface area contributed by atoms with Crippen molar-refractivity contribution in [3.63, 3.8) is 0 Å². The molecule has 0 unspecified atom stereocenters. The lowest BCUT2D eigenvalue weighted by Gasteiger charge is -2.36. The maximum atomic E-state index is 13.2. The van der Waals surface area contributed by atoms with Crippen molar-refractivity contribution in [2.45, 2.75) is 6.92 Å². The molecule has 0 radical (unpaired) electrons. The fourth-order valence-electron chi connectivity index (χ4n) is 3.73. The Labute approximate surface area is 153 Å². The third-order valence-corrected chi connectivity index (χ3v) is 5.11. The number of H-pyrrole nitrogens is 1. The van der Waals surface area contributed by atoms with Crippen molar-refractivity contribution >= 4 is 22.5 Å². The molecule has 5 heteroatoms. The lowest BCUT2D eigenvalue weighted by molar-refractivity contribution is 0.0748. The molecule has 2 aromatic carbocycles. The molecule has 26 heavy (non-hydrogen) atoms. The number of rotatable bonds is 3. The fraction of sp³-hybridized carbons (Fsp3) is 0.286. The molecule has 1 saturated heterocycles. The first-order valence-corrected chi connectivity index (χ1v) is 8.93. The molecule has 1 aromatic heterocycles. The van der Waals surface area contributed by atoms with Crippen molar-refractivity contribution in [2.24, 2.45) is 0 Å². The largest absolute Gasteiger partial charge is 0.495 e. The summed E-state index contributed by atoms with van der Waals surface area (Å²) in [5, 5.41) is 0.928. The Kier molecular flexibility index (Phi) is 4.29. The number of nitrogens with one attached hydrogen (secondary N) is 1. The van der Waals surface area contributed by atoms with Crippen molar-refractivity contribution in [1.29, 1.82) is 0 Å². The van der Waals surface area contributed by atoms with Crippen LogP contribution in [0.25, 0.3) is 10.9 Å². The molecule has 5 nitrogen and oxygen atoms in total. The van der Waals surface area contributed by atoms with Gasteiger partial charge in [-0.1, -0.05) is 30.3 Å². The molecule has 0 spiro atoms. The zero-order chi connectivity index (χ0) is 18.1. The van der Waals surface area contributed by atoms with Gasteiger partial charge in [-0.15, -0.1) is 0 Å². The minimum atomic E-state index is 0.0923. The predicted octanol–water partition coefficient (Wildman–Crippen LogP) is 3.45. The highest BCUT2D eigenvalue weighted by atomic mass is 16.5. The summed E-state index contributed by atoms with van der Waals surface area (Å²) in [5.74, 6) is 0.855. The Morgan fingerprint density at radius 2 is 1.73 bits per heavy atom. The summed E-state index contributed by atoms with van der Waals surface area (Å²) in [4.78, 5) is 20.8. The summed E-state index contributed by atoms with van der Waals surface area (Å²) < 4.78 is 5.42. The molecule has 1 aliphatic heterocycles. The molecular formula is C21H23N3O2. The summed E-state index contributed by atoms with van der Waals surface area (Å²) in [7, 11) is 1.65. The van der Waals surface area contributed by atoms with Crippen LogP contribution in [0.2, 0.25) is 0 Å². The molecule has 0 atom stereocenters. The molecule has 1 aliphatic rings. The lowest BCUT2D eigenvalue weighted by Crippen LogP contribution is -2.48. The molecule has 2 heterocycles. The number of benzene rings is 2. The van der Waals surface area contributed by atoms with Gasteiger partial charge in [0, 0.05) is 42.9 Å². The third kappa shape index (κ3) is 2.79. The first-order chi connectivity index (χ1) is 12.7. The van der Waals surface area contributed by atoms with Gasteiger partial charge in [0.2, 0.25) is 0 Å². The number of fused-ring (bicyclic) bond motifs is 1. The number of aromatic amines is 1. The van der Waals surface area contributed by atoms with Crippen LogP contribution in [0.15, 0.2) is 48.5 Å². The van der Waals surface area contributed by atoms with Crippen molar-refractivity contribution in [1.82, 2.24) is 9.88 Å². The molecule has 4 rings (SSSR count). The minimum Gasteiger partial charge on any atom is -0.495 e. The minimum absolute atomic E-state index is 0.0923. The second-order valence-corrected chi connectivity index (χ2v) is 6.62. The lowest BCUT2D eigenvalue weighted by atomic mass is 10.1. The number of ether oxygens (including phenoxy) is 1. The second-order valence-electron chi connectivity index (χ2n) is 6.62. The Bertz CT molecular complexity index is 925. The van der Waals surface area contributed by atoms with Crippen molar-refractivity contribution in [2.75, 3.05) is 38.2 Å². The fourth-order valence-corrected chi connectivity index (χ4v) is 3.73. The standard InChI is InChI=1S/C21H23N3O2/c1-15-19(17-9-6-10-18(26-2)20(17)22-15)21(25)24-13-11-23(12-14-24)16-7-4-3-5-8-16/h3-10,22H,11-14H2,1-2H3. The Morgan fingerprint density at radius 3 is 2.42 bits per heavy atom. The third-order valence-electron chi connectivity index (χ3n) is 5.11. The van der Waals surface area contributed by atoms with Gasteiger partial charge in [-0.25, -0.2) is 0 Å². The van der Waals surface area contributed by atoms with E-state index < -0.39 is 0 Å². The maximum Gasteiger partial charge on any atom is 0.256 e. The summed E-state index contributed by atoms with van der Waals surface area (Å²) in [6.45, 7) is 5.10. The summed E-state index contributed by atoms with van der Waals surface area (Å²) in [5.41, 5.74) is 3.75. The van der Waals surface area contributed by atoms with Crippen LogP contribution in [0.3, 0.4) is 0 Å². The summed E-state index contributed by atoms with van der Waals surface area (Å²) in [6, 6.07) is 16.2. The number of aromatic nitrogens is 1. The molecule has 0 aliphatic carbocycles. The number of methoxy groups -OCH3 is 1. The highest BCUT2D eigenvalue weighted by Gasteiger charge is 2.26. The topological polar surface area (TPSA) is 48.6 Å². The van der Waals surface area contributed by atoms with Gasteiger partial charge in [-0.2, -0.15) is 0 Å². The number of aryl methyl sites for hydroxylation is 1. The SMILES string of the molecule is COc1cccc2c(C(=O)N3CCN(c4ccccc4)CC3)c(C)[nH]c12. The van der Waals surface area contributed by atoms with Crippen molar-refractivity contribution < 1.29 is 9.53 Å². The van der Waals surface area contributed by atoms with E-state index >= 15 is 0 Å². The van der Waals surface area contributed by atoms with Gasteiger partial charge >= 0.3 is 0 Å². The number of piperazine rings is 1. The van der Waals surface area contributed by atoms with E-state index in [1.165, 1.54) is 5.69 Å². The average Bonchev–Trinajstić information content (AvgIpc) is 3.04. The number of anilines is 1. The number of para-hydroxylation sites is 2. The van der Waals surface area contributed by atoms with Gasteiger partial charge in [-0.05, 0) is 25.1 Å². The van der Waals surface area contributed by atoms with Crippen LogP contribution in [0.1, 0.15) is 16.1 Å². The zero-order valence-corrected chi connectivity index (χ0v) is 15.2. The van der Waals surface area contributed by atoms with E-state index in [0.29, 0.717) is 0 Å². The maximum absolute atomic E-state index is 13.2. The van der Waals surface area contributed by atoms with Crippen molar-refractivity contribution in [3.8, 4) is 5.75 Å². The van der Waals surface area contributed by atoms with Crippen LogP contribution in [0.4, 0.5) is 5.69 Å². The number of nitrogens with zero attached hydrogens (tertiary/aromatic N) is 2. The highest BCUT2D eigenvalue weighted by molar-refractivity contribution is 6.09. The normalized spacial score (nSPS) is 14.7. The van der Waals surface area contributed by atoms with Crippen LogP contribution in [-0.4, -0.2) is 49.1 Å². The van der Waals surface area contributed by atoms with E-state index in [-0.39, 0.29) is 5.91 Å². The van der Waals surface area contributed by atoms with Crippen molar-refractivity contribution in [3.05, 3.63) is 59.8 Å². The van der Waals surface area contributed by atoms with Crippen LogP contribution in [0.5, 0.6) is 5.75 Å². The Hall–Kier alpha value is -2.95. The van der Waals surface area contributed by atoms with Gasteiger partial charge in [0.15, 0.2) is 0 Å². The van der Waals surface area contributed by atoms with Crippen LogP contribution >= 0.6 is 0 Å². The summed E-state index contributed by atoms with van der Waals surface area (Å²) in [6.07, 6.45) is 0. The molecule has 1 N–H and O–H groups in total. The number of carbonyl (C=O) groups is 1. The first kappa shape index (κ1) is 16.5. The average molecular weight is 349 g/mol. The molecule has 0 bridgehead atoms. The molecule has 1 fully saturated rings. The van der Waals surface area contributed by atoms with Crippen LogP contribution in [-0.2, 0) is 0 Å². The van der Waals surface area contributed by atoms with E-state index in [1.54, 1.807) is 7.11 Å². The zero-order valence-electron chi connectivity index (χ0n) is 15.2. The molecule has 1 amide bonds. The Morgan fingerprint density at radius 1 is 1.00 bits per heavy atom. The van der Waals surface area contributed by atoms with E-state index in [4.69, 9.17) is 4.74 Å². The van der Waals surface area contributed by atoms with Gasteiger partial charge in [0.1, 0.15) is 5.75 Å². The summed E-state index contributed by atoms with van der Waals surface area (Å²) >= 11 is 0. The van der Waals surface area contributed by atoms with Gasteiger partial charge < -0.3 is 19.5 Å². The van der Waals surface area contributed by atoms with E-state index in [0.717, 1.165) is 54.1 Å². The van der Waals surface area contributed by atoms with Gasteiger partial charge in [0.25, 0.3) is 5.91 Å². The monoisotopic (exact) mass is 349 g/mol. The van der Waals surface area contributed by atoms with Gasteiger partial charge in [-0.3, -0.25) is 4.79 Å². The smallest absolute Gasteiger partial charge is 0.256 e. The number of hydrogen-bond acceptors (Lipinski definition) is 3. The number of carbonyl (C=O) groups excluding carboxylic acids is 1. The van der Waals surface area contributed by atoms with E-state index in [2.05, 4.69) is 34.1 Å². The molecule has 134 valence electrons. The Balaban J connectivity index is 1.56.